The van der Waals surface area contributed by atoms with Crippen LogP contribution in [-0.4, -0.2) is 47.1 Å². The highest BCUT2D eigenvalue weighted by atomic mass is 16.7. The molecule has 0 bridgehead atoms. The van der Waals surface area contributed by atoms with E-state index >= 15 is 0 Å². The van der Waals surface area contributed by atoms with E-state index < -0.39 is 16.8 Å². The number of Topliss-reactive ketones (excluding diaryl/α,β-unsaturated/α-hetero) is 1. The van der Waals surface area contributed by atoms with Crippen LogP contribution in [-0.2, 0) is 23.8 Å². The van der Waals surface area contributed by atoms with Gasteiger partial charge < -0.3 is 19.3 Å². The molecule has 0 amide bonds. The second kappa shape index (κ2) is 8.02. The summed E-state index contributed by atoms with van der Waals surface area (Å²) in [5.74, 6) is 1.37. The van der Waals surface area contributed by atoms with Crippen molar-refractivity contribution in [2.24, 2.45) is 52.3 Å². The number of aliphatic hydroxyl groups is 1. The number of esters is 1. The van der Waals surface area contributed by atoms with Crippen LogP contribution in [0.15, 0.2) is 0 Å². The third-order valence-electron chi connectivity index (χ3n) is 12.6. The molecule has 1 spiro atoms. The Morgan fingerprint density at radius 3 is 2.47 bits per heavy atom. The molecule has 6 aliphatic rings. The molecular formula is C30H46O6. The summed E-state index contributed by atoms with van der Waals surface area (Å²) in [6.45, 7) is 13.5. The van der Waals surface area contributed by atoms with Crippen molar-refractivity contribution in [2.75, 3.05) is 6.61 Å². The van der Waals surface area contributed by atoms with Crippen molar-refractivity contribution in [3.05, 3.63) is 0 Å². The van der Waals surface area contributed by atoms with E-state index in [1.165, 1.54) is 6.92 Å². The molecule has 1 N–H and O–H groups in total. The quantitative estimate of drug-likeness (QED) is 0.514. The first-order chi connectivity index (χ1) is 16.9. The average Bonchev–Trinajstić information content (AvgIpc) is 3.26. The number of ether oxygens (including phenoxy) is 3. The Bertz CT molecular complexity index is 940. The van der Waals surface area contributed by atoms with Crippen molar-refractivity contribution in [1.82, 2.24) is 0 Å². The number of hydrogen-bond acceptors (Lipinski definition) is 6. The smallest absolute Gasteiger partial charge is 0.302 e. The Kier molecular flexibility index (Phi) is 5.64. The second-order valence-corrected chi connectivity index (χ2v) is 14.2. The number of carbonyl (C=O) groups is 2. The van der Waals surface area contributed by atoms with E-state index in [4.69, 9.17) is 14.2 Å². The van der Waals surface area contributed by atoms with Crippen LogP contribution in [0.3, 0.4) is 0 Å². The fourth-order valence-electron chi connectivity index (χ4n) is 10.7. The summed E-state index contributed by atoms with van der Waals surface area (Å²) >= 11 is 0. The molecule has 2 heterocycles. The van der Waals surface area contributed by atoms with Gasteiger partial charge in [0.15, 0.2) is 11.6 Å². The molecule has 4 saturated carbocycles. The summed E-state index contributed by atoms with van der Waals surface area (Å²) in [7, 11) is 0. The van der Waals surface area contributed by atoms with E-state index in [-0.39, 0.29) is 47.6 Å². The van der Waals surface area contributed by atoms with E-state index in [2.05, 4.69) is 34.6 Å². The first-order valence-electron chi connectivity index (χ1n) is 14.6. The van der Waals surface area contributed by atoms with Gasteiger partial charge in [-0.1, -0.05) is 34.6 Å². The van der Waals surface area contributed by atoms with Crippen LogP contribution in [0.1, 0.15) is 92.9 Å². The lowest BCUT2D eigenvalue weighted by Crippen LogP contribution is -2.69. The molecule has 0 aromatic rings. The van der Waals surface area contributed by atoms with Gasteiger partial charge in [0.1, 0.15) is 11.7 Å². The minimum atomic E-state index is -1.42. The van der Waals surface area contributed by atoms with E-state index in [0.717, 1.165) is 51.6 Å². The zero-order valence-corrected chi connectivity index (χ0v) is 23.0. The lowest BCUT2D eigenvalue weighted by Gasteiger charge is -2.64. The highest BCUT2D eigenvalue weighted by Crippen LogP contribution is 2.72. The van der Waals surface area contributed by atoms with Gasteiger partial charge in [-0.15, -0.1) is 0 Å². The van der Waals surface area contributed by atoms with Gasteiger partial charge >= 0.3 is 5.97 Å². The molecule has 13 atom stereocenters. The van der Waals surface area contributed by atoms with Crippen LogP contribution < -0.4 is 0 Å². The molecule has 0 radical (unpaired) electrons. The van der Waals surface area contributed by atoms with Gasteiger partial charge in [-0.25, -0.2) is 0 Å². The SMILES string of the molecule is CC(=O)OC1CCC2(C)C3CCC4(C)C(CC5O[C@@]6(CCC(C)CO6)C(C)C54)C3C(C)C(=O)[C@@]2(O)C1. The van der Waals surface area contributed by atoms with Crippen LogP contribution in [0.2, 0.25) is 0 Å². The maximum Gasteiger partial charge on any atom is 0.302 e. The minimum absolute atomic E-state index is 0.0283. The number of ketones is 1. The van der Waals surface area contributed by atoms with Crippen molar-refractivity contribution in [3.8, 4) is 0 Å². The van der Waals surface area contributed by atoms with Crippen molar-refractivity contribution in [3.63, 3.8) is 0 Å². The summed E-state index contributed by atoms with van der Waals surface area (Å²) in [4.78, 5) is 25.6. The third kappa shape index (κ3) is 3.13. The molecule has 36 heavy (non-hydrogen) atoms. The maximum atomic E-state index is 14.0. The number of hydrogen-bond donors (Lipinski definition) is 1. The van der Waals surface area contributed by atoms with Gasteiger partial charge in [0.2, 0.25) is 0 Å². The molecule has 0 aromatic carbocycles. The Morgan fingerprint density at radius 2 is 1.81 bits per heavy atom. The lowest BCUT2D eigenvalue weighted by molar-refractivity contribution is -0.274. The highest BCUT2D eigenvalue weighted by Gasteiger charge is 2.73. The van der Waals surface area contributed by atoms with Crippen LogP contribution in [0.25, 0.3) is 0 Å². The highest BCUT2D eigenvalue weighted by molar-refractivity contribution is 5.91. The Labute approximate surface area is 216 Å². The number of fused-ring (bicyclic) bond motifs is 7. The maximum absolute atomic E-state index is 14.0. The summed E-state index contributed by atoms with van der Waals surface area (Å²) in [5, 5.41) is 12.0. The van der Waals surface area contributed by atoms with Crippen molar-refractivity contribution in [2.45, 2.75) is 117 Å². The molecule has 6 fully saturated rings. The molecule has 11 unspecified atom stereocenters. The fourth-order valence-corrected chi connectivity index (χ4v) is 10.7. The van der Waals surface area contributed by atoms with E-state index in [1.54, 1.807) is 0 Å². The molecule has 6 heteroatoms. The van der Waals surface area contributed by atoms with Gasteiger partial charge in [-0.3, -0.25) is 9.59 Å². The first-order valence-corrected chi connectivity index (χ1v) is 14.6. The van der Waals surface area contributed by atoms with Crippen LogP contribution in [0.5, 0.6) is 0 Å². The Morgan fingerprint density at radius 1 is 1.06 bits per heavy atom. The van der Waals surface area contributed by atoms with E-state index in [0.29, 0.717) is 29.6 Å². The molecule has 202 valence electrons. The molecule has 0 aromatic heterocycles. The van der Waals surface area contributed by atoms with Crippen molar-refractivity contribution >= 4 is 11.8 Å². The minimum Gasteiger partial charge on any atom is -0.462 e. The lowest BCUT2D eigenvalue weighted by atomic mass is 9.40. The summed E-state index contributed by atoms with van der Waals surface area (Å²) in [5.41, 5.74) is -1.78. The van der Waals surface area contributed by atoms with Gasteiger partial charge in [-0.2, -0.15) is 0 Å². The first kappa shape index (κ1) is 25.3. The topological polar surface area (TPSA) is 82.1 Å². The predicted molar refractivity (Wildman–Crippen MR) is 134 cm³/mol. The molecule has 6 rings (SSSR count). The van der Waals surface area contributed by atoms with Gasteiger partial charge in [0.05, 0.1) is 12.7 Å². The molecule has 4 aliphatic carbocycles. The normalized spacial score (nSPS) is 58.1. The zero-order valence-electron chi connectivity index (χ0n) is 23.0. The van der Waals surface area contributed by atoms with E-state index in [1.807, 2.05) is 0 Å². The monoisotopic (exact) mass is 502 g/mol. The fraction of sp³-hybridized carbons (Fsp3) is 0.933. The van der Waals surface area contributed by atoms with Crippen molar-refractivity contribution in [1.29, 1.82) is 0 Å². The van der Waals surface area contributed by atoms with E-state index in [9.17, 15) is 14.7 Å². The van der Waals surface area contributed by atoms with Crippen LogP contribution in [0.4, 0.5) is 0 Å². The summed E-state index contributed by atoms with van der Waals surface area (Å²) in [6, 6.07) is 0. The standard InChI is InChI=1S/C30H46O6/c1-16-7-12-30(34-15-16)18(3)25-23(36-30)13-22-24-17(2)26(32)29(33)14-20(35-19(4)31)8-11-28(29,6)21(24)9-10-27(22,25)5/h16-18,20-25,33H,7-15H2,1-6H3/t16?,17?,18?,20?,21?,22?,23?,24?,25?,27?,28?,29-,30-/m0/s1. The Balaban J connectivity index is 1.30. The van der Waals surface area contributed by atoms with Crippen LogP contribution in [0, 0.1) is 52.3 Å². The summed E-state index contributed by atoms with van der Waals surface area (Å²) < 4.78 is 18.8. The zero-order chi connectivity index (χ0) is 25.8. The average molecular weight is 503 g/mol. The largest absolute Gasteiger partial charge is 0.462 e. The number of carbonyl (C=O) groups excluding carboxylic acids is 2. The van der Waals surface area contributed by atoms with Crippen molar-refractivity contribution < 1.29 is 28.9 Å². The second-order valence-electron chi connectivity index (χ2n) is 14.2. The molecule has 2 aliphatic heterocycles. The van der Waals surface area contributed by atoms with Gasteiger partial charge in [0, 0.05) is 37.0 Å². The molecule has 6 nitrogen and oxygen atoms in total. The number of rotatable bonds is 1. The van der Waals surface area contributed by atoms with Gasteiger partial charge in [-0.05, 0) is 73.5 Å². The predicted octanol–water partition coefficient (Wildman–Crippen LogP) is 4.90. The third-order valence-corrected chi connectivity index (χ3v) is 12.6. The Hall–Kier alpha value is -0.980. The molecular weight excluding hydrogens is 456 g/mol. The summed E-state index contributed by atoms with van der Waals surface area (Å²) in [6.07, 6.45) is 6.77. The van der Waals surface area contributed by atoms with Crippen LogP contribution >= 0.6 is 0 Å². The van der Waals surface area contributed by atoms with Gasteiger partial charge in [0.25, 0.3) is 0 Å². The molecule has 2 saturated heterocycles.